The number of aliphatic hydroxyl groups is 1. The molecule has 0 radical (unpaired) electrons. The molecular weight excluding hydrogens is 216 g/mol. The predicted molar refractivity (Wildman–Crippen MR) is 57.8 cm³/mol. The monoisotopic (exact) mass is 236 g/mol. The van der Waals surface area contributed by atoms with Gasteiger partial charge in [0.1, 0.15) is 0 Å². The van der Waals surface area contributed by atoms with Crippen molar-refractivity contribution in [3.05, 3.63) is 0 Å². The predicted octanol–water partition coefficient (Wildman–Crippen LogP) is 0.316. The summed E-state index contributed by atoms with van der Waals surface area (Å²) in [6.45, 7) is 6.34. The fraction of sp³-hybridized carbons (Fsp3) is 0.700. The molecule has 0 aromatic carbocycles. The van der Waals surface area contributed by atoms with Gasteiger partial charge in [-0.2, -0.15) is 0 Å². The highest BCUT2D eigenvalue weighted by molar-refractivity contribution is 6.35. The van der Waals surface area contributed by atoms with Crippen molar-refractivity contribution >= 4 is 17.5 Å². The standard InChI is InChI=1S/C5H10O3.C4H6O2.CH4O/c1-3-7-4-8-5(2)6;1-3(5)4(2)6;1-2/h3-4H2,1-2H3;1-2H3;2H,1H3. The average molecular weight is 236 g/mol. The van der Waals surface area contributed by atoms with Crippen LogP contribution in [0.15, 0.2) is 0 Å². The minimum atomic E-state index is -0.380. The number of ether oxygens (including phenoxy) is 2. The van der Waals surface area contributed by atoms with Crippen molar-refractivity contribution in [1.29, 1.82) is 0 Å². The minimum absolute atomic E-state index is 0.0752. The highest BCUT2D eigenvalue weighted by Crippen LogP contribution is 1.76. The SMILES string of the molecule is CC(=O)C(C)=O.CCOCOC(C)=O.CO. The van der Waals surface area contributed by atoms with E-state index in [0.29, 0.717) is 6.61 Å². The Hall–Kier alpha value is -1.27. The van der Waals surface area contributed by atoms with Gasteiger partial charge >= 0.3 is 5.97 Å². The smallest absolute Gasteiger partial charge is 0.304 e. The van der Waals surface area contributed by atoms with Crippen molar-refractivity contribution in [2.75, 3.05) is 20.5 Å². The van der Waals surface area contributed by atoms with Gasteiger partial charge in [-0.05, 0) is 6.92 Å². The summed E-state index contributed by atoms with van der Waals surface area (Å²) in [6, 6.07) is 0. The van der Waals surface area contributed by atoms with Gasteiger partial charge in [-0.25, -0.2) is 0 Å². The lowest BCUT2D eigenvalue weighted by molar-refractivity contribution is -0.153. The number of carbonyl (C=O) groups is 3. The van der Waals surface area contributed by atoms with E-state index in [2.05, 4.69) is 4.74 Å². The van der Waals surface area contributed by atoms with E-state index >= 15 is 0 Å². The Morgan fingerprint density at radius 3 is 1.56 bits per heavy atom. The fourth-order valence-corrected chi connectivity index (χ4v) is 0.208. The Morgan fingerprint density at radius 2 is 1.38 bits per heavy atom. The van der Waals surface area contributed by atoms with Crippen LogP contribution in [0.5, 0.6) is 0 Å². The first-order valence-electron chi connectivity index (χ1n) is 4.59. The number of esters is 1. The molecule has 0 amide bonds. The van der Waals surface area contributed by atoms with Crippen molar-refractivity contribution in [2.45, 2.75) is 27.7 Å². The zero-order valence-corrected chi connectivity index (χ0v) is 10.4. The molecule has 0 aliphatic carbocycles. The molecule has 0 aromatic heterocycles. The highest BCUT2D eigenvalue weighted by atomic mass is 16.7. The van der Waals surface area contributed by atoms with Crippen LogP contribution in [0.3, 0.4) is 0 Å². The number of hydrogen-bond donors (Lipinski definition) is 1. The molecule has 6 heteroatoms. The number of hydrogen-bond acceptors (Lipinski definition) is 6. The lowest BCUT2D eigenvalue weighted by atomic mass is 10.3. The topological polar surface area (TPSA) is 89.9 Å². The third kappa shape index (κ3) is 29.3. The van der Waals surface area contributed by atoms with Gasteiger partial charge in [0.25, 0.3) is 0 Å². The maximum absolute atomic E-state index is 10.0. The van der Waals surface area contributed by atoms with E-state index in [-0.39, 0.29) is 24.3 Å². The van der Waals surface area contributed by atoms with Gasteiger partial charge in [0.15, 0.2) is 18.4 Å². The Bertz CT molecular complexity index is 187. The van der Waals surface area contributed by atoms with Gasteiger partial charge < -0.3 is 14.6 Å². The van der Waals surface area contributed by atoms with E-state index in [0.717, 1.165) is 7.11 Å². The van der Waals surface area contributed by atoms with Crippen LogP contribution in [-0.4, -0.2) is 43.2 Å². The lowest BCUT2D eigenvalue weighted by Gasteiger charge is -1.98. The normalized spacial score (nSPS) is 7.62. The highest BCUT2D eigenvalue weighted by Gasteiger charge is 1.94. The Balaban J connectivity index is -0.000000188. The molecule has 0 saturated carbocycles. The summed E-state index contributed by atoms with van der Waals surface area (Å²) in [4.78, 5) is 29.6. The van der Waals surface area contributed by atoms with Gasteiger partial charge in [-0.1, -0.05) is 0 Å². The quantitative estimate of drug-likeness (QED) is 0.327. The van der Waals surface area contributed by atoms with E-state index in [9.17, 15) is 14.4 Å². The van der Waals surface area contributed by atoms with Gasteiger partial charge in [0.05, 0.1) is 0 Å². The van der Waals surface area contributed by atoms with Crippen LogP contribution in [0.4, 0.5) is 0 Å². The van der Waals surface area contributed by atoms with Crippen LogP contribution in [-0.2, 0) is 23.9 Å². The van der Waals surface area contributed by atoms with Crippen molar-refractivity contribution in [1.82, 2.24) is 0 Å². The van der Waals surface area contributed by atoms with Gasteiger partial charge in [-0.15, -0.1) is 0 Å². The third-order valence-corrected chi connectivity index (χ3v) is 1.05. The van der Waals surface area contributed by atoms with Gasteiger partial charge in [0, 0.05) is 34.5 Å². The van der Waals surface area contributed by atoms with E-state index in [1.54, 1.807) is 0 Å². The summed E-state index contributed by atoms with van der Waals surface area (Å²) >= 11 is 0. The largest absolute Gasteiger partial charge is 0.439 e. The summed E-state index contributed by atoms with van der Waals surface area (Å²) < 4.78 is 9.12. The molecule has 0 atom stereocenters. The third-order valence-electron chi connectivity index (χ3n) is 1.05. The fourth-order valence-electron chi connectivity index (χ4n) is 0.208. The van der Waals surface area contributed by atoms with Gasteiger partial charge in [0.2, 0.25) is 0 Å². The van der Waals surface area contributed by atoms with Crippen molar-refractivity contribution in [3.8, 4) is 0 Å². The number of rotatable bonds is 4. The zero-order valence-electron chi connectivity index (χ0n) is 10.4. The first-order valence-corrected chi connectivity index (χ1v) is 4.59. The summed E-state index contributed by atoms with van der Waals surface area (Å²) in [6.07, 6.45) is 0. The first-order chi connectivity index (χ1) is 7.41. The van der Waals surface area contributed by atoms with E-state index < -0.39 is 0 Å². The molecule has 0 bridgehead atoms. The first kappa shape index (κ1) is 20.2. The summed E-state index contributed by atoms with van der Waals surface area (Å²) in [5.41, 5.74) is 0. The summed E-state index contributed by atoms with van der Waals surface area (Å²) in [5.74, 6) is -1.07. The van der Waals surface area contributed by atoms with Crippen molar-refractivity contribution in [3.63, 3.8) is 0 Å². The molecule has 0 aliphatic heterocycles. The van der Waals surface area contributed by atoms with E-state index in [4.69, 9.17) is 9.84 Å². The van der Waals surface area contributed by atoms with Crippen molar-refractivity contribution in [2.24, 2.45) is 0 Å². The number of ketones is 2. The second-order valence-corrected chi connectivity index (χ2v) is 2.36. The van der Waals surface area contributed by atoms with Crippen LogP contribution >= 0.6 is 0 Å². The Labute approximate surface area is 95.5 Å². The molecule has 6 nitrogen and oxygen atoms in total. The maximum atomic E-state index is 10.0. The molecule has 0 aliphatic rings. The summed E-state index contributed by atoms with van der Waals surface area (Å²) in [7, 11) is 1.00. The van der Waals surface area contributed by atoms with Crippen LogP contribution in [0.25, 0.3) is 0 Å². The number of aliphatic hydroxyl groups excluding tert-OH is 1. The van der Waals surface area contributed by atoms with E-state index in [1.807, 2.05) is 6.92 Å². The van der Waals surface area contributed by atoms with Crippen LogP contribution in [0.1, 0.15) is 27.7 Å². The molecule has 0 fully saturated rings. The molecule has 0 spiro atoms. The zero-order chi connectivity index (χ0) is 13.6. The second-order valence-electron chi connectivity index (χ2n) is 2.36. The van der Waals surface area contributed by atoms with Crippen LogP contribution in [0, 0.1) is 0 Å². The second kappa shape index (κ2) is 16.2. The molecular formula is C10H20O6. The minimum Gasteiger partial charge on any atom is -0.439 e. The molecule has 0 rings (SSSR count). The molecule has 96 valence electrons. The van der Waals surface area contributed by atoms with Crippen LogP contribution < -0.4 is 0 Å². The molecule has 0 unspecified atom stereocenters. The summed E-state index contributed by atoms with van der Waals surface area (Å²) in [5, 5.41) is 7.00. The molecule has 0 saturated heterocycles. The van der Waals surface area contributed by atoms with Crippen molar-refractivity contribution < 1.29 is 29.0 Å². The molecule has 1 N–H and O–H groups in total. The number of carbonyl (C=O) groups excluding carboxylic acids is 3. The number of Topliss-reactive ketones (excluding diaryl/α,β-unsaturated/α-hetero) is 2. The van der Waals surface area contributed by atoms with E-state index in [1.165, 1.54) is 20.8 Å². The Morgan fingerprint density at radius 1 is 1.00 bits per heavy atom. The van der Waals surface area contributed by atoms with Gasteiger partial charge in [-0.3, -0.25) is 14.4 Å². The lowest BCUT2D eigenvalue weighted by Crippen LogP contribution is -2.03. The Kier molecular flexibility index (Phi) is 20.4. The van der Waals surface area contributed by atoms with Crippen LogP contribution in [0.2, 0.25) is 0 Å². The average Bonchev–Trinajstić information content (AvgIpc) is 2.21. The maximum Gasteiger partial charge on any atom is 0.304 e. The molecule has 0 heterocycles. The molecule has 16 heavy (non-hydrogen) atoms. The molecule has 0 aromatic rings.